The maximum atomic E-state index is 5.90. The molecular formula is C21H18N6. The standard InChI is InChI=1S/C21H18N6/c1-11-2-5-14(20-24-16-6-3-12(22)9-18(16)26-20)15(8-11)21-25-17-7-4-13(23)10-19(17)27-21/h2-10H,22-23H2,1H3,(H,24,26)(H,25,27). The van der Waals surface area contributed by atoms with Crippen molar-refractivity contribution in [2.45, 2.75) is 6.92 Å². The van der Waals surface area contributed by atoms with Crippen molar-refractivity contribution in [1.29, 1.82) is 0 Å². The van der Waals surface area contributed by atoms with E-state index in [0.717, 1.165) is 50.4 Å². The lowest BCUT2D eigenvalue weighted by molar-refractivity contribution is 1.29. The second-order valence-corrected chi connectivity index (χ2v) is 6.77. The molecule has 6 nitrogen and oxygen atoms in total. The second kappa shape index (κ2) is 5.60. The normalized spacial score (nSPS) is 11.4. The lowest BCUT2D eigenvalue weighted by atomic mass is 10.0. The minimum absolute atomic E-state index is 0.705. The van der Waals surface area contributed by atoms with Gasteiger partial charge in [-0.1, -0.05) is 17.7 Å². The first-order valence-corrected chi connectivity index (χ1v) is 8.69. The fourth-order valence-electron chi connectivity index (χ4n) is 3.37. The maximum Gasteiger partial charge on any atom is 0.139 e. The van der Waals surface area contributed by atoms with Gasteiger partial charge in [-0.3, -0.25) is 0 Å². The van der Waals surface area contributed by atoms with Gasteiger partial charge in [0, 0.05) is 22.5 Å². The molecule has 0 radical (unpaired) electrons. The average Bonchev–Trinajstić information content (AvgIpc) is 3.24. The third-order valence-corrected chi connectivity index (χ3v) is 4.70. The van der Waals surface area contributed by atoms with Crippen LogP contribution >= 0.6 is 0 Å². The summed E-state index contributed by atoms with van der Waals surface area (Å²) in [6.45, 7) is 2.06. The maximum absolute atomic E-state index is 5.90. The third-order valence-electron chi connectivity index (χ3n) is 4.70. The average molecular weight is 354 g/mol. The number of imidazole rings is 2. The van der Waals surface area contributed by atoms with Gasteiger partial charge in [-0.15, -0.1) is 0 Å². The molecule has 0 spiro atoms. The van der Waals surface area contributed by atoms with Crippen molar-refractivity contribution in [2.24, 2.45) is 0 Å². The number of nitrogens with two attached hydrogens (primary N) is 2. The molecule has 0 amide bonds. The molecule has 0 atom stereocenters. The summed E-state index contributed by atoms with van der Waals surface area (Å²) in [6.07, 6.45) is 0. The van der Waals surface area contributed by atoms with Crippen molar-refractivity contribution >= 4 is 33.4 Å². The number of hydrogen-bond acceptors (Lipinski definition) is 4. The number of benzene rings is 3. The van der Waals surface area contributed by atoms with E-state index < -0.39 is 0 Å². The van der Waals surface area contributed by atoms with Crippen molar-refractivity contribution in [1.82, 2.24) is 19.9 Å². The molecule has 5 aromatic rings. The Morgan fingerprint density at radius 2 is 1.22 bits per heavy atom. The number of hydrogen-bond donors (Lipinski definition) is 4. The van der Waals surface area contributed by atoms with Crippen molar-refractivity contribution < 1.29 is 0 Å². The highest BCUT2D eigenvalue weighted by molar-refractivity contribution is 5.88. The molecule has 2 heterocycles. The Labute approximate surface area is 155 Å². The number of aryl methyl sites for hydroxylation is 1. The number of anilines is 2. The number of aromatic amines is 2. The van der Waals surface area contributed by atoms with Crippen LogP contribution in [0.15, 0.2) is 54.6 Å². The fraction of sp³-hybridized carbons (Fsp3) is 0.0476. The summed E-state index contributed by atoms with van der Waals surface area (Å²) in [6, 6.07) is 17.6. The zero-order valence-electron chi connectivity index (χ0n) is 14.7. The van der Waals surface area contributed by atoms with E-state index in [1.807, 2.05) is 36.4 Å². The Balaban J connectivity index is 1.72. The van der Waals surface area contributed by atoms with Gasteiger partial charge in [-0.25, -0.2) is 9.97 Å². The Morgan fingerprint density at radius 1 is 0.667 bits per heavy atom. The molecule has 0 unspecified atom stereocenters. The van der Waals surface area contributed by atoms with Gasteiger partial charge < -0.3 is 21.4 Å². The lowest BCUT2D eigenvalue weighted by Gasteiger charge is -2.06. The molecule has 0 fully saturated rings. The van der Waals surface area contributed by atoms with Crippen LogP contribution in [0.1, 0.15) is 5.56 Å². The van der Waals surface area contributed by atoms with Crippen molar-refractivity contribution in [3.8, 4) is 22.8 Å². The third kappa shape index (κ3) is 2.58. The molecule has 0 saturated carbocycles. The molecule has 0 saturated heterocycles. The monoisotopic (exact) mass is 354 g/mol. The van der Waals surface area contributed by atoms with Crippen LogP contribution in [0.25, 0.3) is 44.8 Å². The quantitative estimate of drug-likeness (QED) is 0.355. The Hall–Kier alpha value is -3.80. The van der Waals surface area contributed by atoms with Gasteiger partial charge in [0.25, 0.3) is 0 Å². The molecule has 0 aliphatic heterocycles. The van der Waals surface area contributed by atoms with Crippen molar-refractivity contribution in [3.05, 3.63) is 60.2 Å². The predicted molar refractivity (Wildman–Crippen MR) is 110 cm³/mol. The van der Waals surface area contributed by atoms with Crippen LogP contribution in [0.3, 0.4) is 0 Å². The van der Waals surface area contributed by atoms with E-state index in [1.165, 1.54) is 0 Å². The predicted octanol–water partition coefficient (Wildman–Crippen LogP) is 4.25. The van der Waals surface area contributed by atoms with E-state index in [9.17, 15) is 0 Å². The highest BCUT2D eigenvalue weighted by Crippen LogP contribution is 2.32. The minimum Gasteiger partial charge on any atom is -0.399 e. The van der Waals surface area contributed by atoms with E-state index >= 15 is 0 Å². The highest BCUT2D eigenvalue weighted by Gasteiger charge is 2.15. The summed E-state index contributed by atoms with van der Waals surface area (Å²) >= 11 is 0. The van der Waals surface area contributed by atoms with E-state index in [4.69, 9.17) is 21.4 Å². The molecule has 2 aromatic heterocycles. The van der Waals surface area contributed by atoms with Crippen LogP contribution in [-0.4, -0.2) is 19.9 Å². The zero-order chi connectivity index (χ0) is 18.5. The number of H-pyrrole nitrogens is 2. The molecule has 0 aliphatic carbocycles. The Bertz CT molecular complexity index is 1310. The number of rotatable bonds is 2. The van der Waals surface area contributed by atoms with Crippen LogP contribution in [0.4, 0.5) is 11.4 Å². The molecule has 5 rings (SSSR count). The smallest absolute Gasteiger partial charge is 0.139 e. The SMILES string of the molecule is Cc1ccc(-c2nc3ccc(N)cc3[nH]2)c(-c2nc3ccc(N)cc3[nH]2)c1. The molecule has 6 N–H and O–H groups in total. The number of fused-ring (bicyclic) bond motifs is 2. The minimum atomic E-state index is 0.705. The molecule has 0 bridgehead atoms. The largest absolute Gasteiger partial charge is 0.399 e. The number of nitrogen functional groups attached to an aromatic ring is 2. The molecule has 3 aromatic carbocycles. The van der Waals surface area contributed by atoms with Gasteiger partial charge in [0.15, 0.2) is 0 Å². The Morgan fingerprint density at radius 3 is 1.81 bits per heavy atom. The van der Waals surface area contributed by atoms with E-state index in [-0.39, 0.29) is 0 Å². The summed E-state index contributed by atoms with van der Waals surface area (Å²) in [5, 5.41) is 0. The van der Waals surface area contributed by atoms with Gasteiger partial charge in [0.05, 0.1) is 22.1 Å². The summed E-state index contributed by atoms with van der Waals surface area (Å²) in [7, 11) is 0. The first-order valence-electron chi connectivity index (χ1n) is 8.69. The second-order valence-electron chi connectivity index (χ2n) is 6.77. The van der Waals surface area contributed by atoms with Crippen molar-refractivity contribution in [2.75, 3.05) is 11.5 Å². The lowest BCUT2D eigenvalue weighted by Crippen LogP contribution is -1.90. The number of nitrogens with one attached hydrogen (secondary N) is 2. The zero-order valence-corrected chi connectivity index (χ0v) is 14.7. The van der Waals surface area contributed by atoms with Gasteiger partial charge in [-0.05, 0) is 49.4 Å². The molecule has 27 heavy (non-hydrogen) atoms. The van der Waals surface area contributed by atoms with Crippen LogP contribution in [0.5, 0.6) is 0 Å². The summed E-state index contributed by atoms with van der Waals surface area (Å²) in [4.78, 5) is 16.2. The Kier molecular flexibility index (Phi) is 3.21. The van der Waals surface area contributed by atoms with Crippen LogP contribution in [0.2, 0.25) is 0 Å². The first kappa shape index (κ1) is 15.5. The molecule has 0 aliphatic rings. The van der Waals surface area contributed by atoms with Crippen LogP contribution in [0, 0.1) is 6.92 Å². The molecular weight excluding hydrogens is 336 g/mol. The fourth-order valence-corrected chi connectivity index (χ4v) is 3.37. The van der Waals surface area contributed by atoms with E-state index in [1.54, 1.807) is 0 Å². The van der Waals surface area contributed by atoms with Gasteiger partial charge in [0.2, 0.25) is 0 Å². The van der Waals surface area contributed by atoms with Gasteiger partial charge in [0.1, 0.15) is 11.6 Å². The first-order chi connectivity index (χ1) is 13.1. The topological polar surface area (TPSA) is 109 Å². The van der Waals surface area contributed by atoms with Gasteiger partial charge in [-0.2, -0.15) is 0 Å². The van der Waals surface area contributed by atoms with Crippen LogP contribution < -0.4 is 11.5 Å². The van der Waals surface area contributed by atoms with E-state index in [0.29, 0.717) is 11.4 Å². The molecule has 6 heteroatoms. The summed E-state index contributed by atoms with van der Waals surface area (Å²) in [5.74, 6) is 1.57. The van der Waals surface area contributed by atoms with E-state index in [2.05, 4.69) is 35.1 Å². The van der Waals surface area contributed by atoms with Crippen molar-refractivity contribution in [3.63, 3.8) is 0 Å². The molecule has 132 valence electrons. The summed E-state index contributed by atoms with van der Waals surface area (Å²) < 4.78 is 0. The summed E-state index contributed by atoms with van der Waals surface area (Å²) in [5.41, 5.74) is 19.9. The number of nitrogens with zero attached hydrogens (tertiary/aromatic N) is 2. The number of aromatic nitrogens is 4. The van der Waals surface area contributed by atoms with Crippen LogP contribution in [-0.2, 0) is 0 Å². The van der Waals surface area contributed by atoms with Gasteiger partial charge >= 0.3 is 0 Å². The highest BCUT2D eigenvalue weighted by atomic mass is 14.9.